The van der Waals surface area contributed by atoms with Crippen LogP contribution in [-0.4, -0.2) is 15.8 Å². The van der Waals surface area contributed by atoms with Crippen LogP contribution in [0.5, 0.6) is 0 Å². The van der Waals surface area contributed by atoms with Crippen molar-refractivity contribution >= 4 is 78.5 Å². The van der Waals surface area contributed by atoms with Crippen LogP contribution in [0.3, 0.4) is 0 Å². The van der Waals surface area contributed by atoms with Gasteiger partial charge in [0, 0.05) is 42.7 Å². The maximum absolute atomic E-state index is 2.54. The third-order valence-corrected chi connectivity index (χ3v) is 13.1. The Bertz CT molecular complexity index is 2920. The molecule has 0 spiro atoms. The molecular weight excluding hydrogens is 683 g/mol. The first kappa shape index (κ1) is 34.1. The minimum absolute atomic E-state index is 0.156. The number of rotatable bonds is 6. The lowest BCUT2D eigenvalue weighted by Crippen LogP contribution is -2.57. The molecule has 268 valence electrons. The van der Waals surface area contributed by atoms with Crippen LogP contribution in [0, 0.1) is 0 Å². The molecule has 0 aliphatic carbocycles. The average Bonchev–Trinajstić information content (AvgIpc) is 3.72. The van der Waals surface area contributed by atoms with Crippen molar-refractivity contribution in [2.45, 2.75) is 69.1 Å². The Morgan fingerprint density at radius 2 is 0.964 bits per heavy atom. The molecule has 10 rings (SSSR count). The minimum Gasteiger partial charge on any atom is -0.307 e. The van der Waals surface area contributed by atoms with Gasteiger partial charge in [0.15, 0.2) is 0 Å². The van der Waals surface area contributed by atoms with E-state index in [1.54, 1.807) is 0 Å². The third-order valence-electron chi connectivity index (χ3n) is 12.0. The van der Waals surface area contributed by atoms with Gasteiger partial charge in [-0.25, -0.2) is 0 Å². The zero-order chi connectivity index (χ0) is 37.5. The molecule has 0 atom stereocenters. The lowest BCUT2D eigenvalue weighted by atomic mass is 9.34. The highest BCUT2D eigenvalue weighted by Gasteiger charge is 2.36. The number of para-hydroxylation sites is 3. The Balaban J connectivity index is 1.28. The van der Waals surface area contributed by atoms with Crippen LogP contribution in [-0.2, 0) is 0 Å². The highest BCUT2D eigenvalue weighted by Crippen LogP contribution is 2.42. The maximum Gasteiger partial charge on any atom is 0.244 e. The molecule has 9 aromatic rings. The maximum atomic E-state index is 2.54. The van der Waals surface area contributed by atoms with Gasteiger partial charge in [-0.1, -0.05) is 173 Å². The first-order chi connectivity index (χ1) is 26.8. The molecule has 0 unspecified atom stereocenters. The lowest BCUT2D eigenvalue weighted by Gasteiger charge is -2.32. The number of fused-ring (bicyclic) bond motifs is 9. The van der Waals surface area contributed by atoms with E-state index in [0.717, 1.165) is 0 Å². The van der Waals surface area contributed by atoms with E-state index in [9.17, 15) is 0 Å². The van der Waals surface area contributed by atoms with E-state index in [2.05, 4.69) is 196 Å². The summed E-state index contributed by atoms with van der Waals surface area (Å²) in [5.41, 5.74) is 16.0. The summed E-state index contributed by atoms with van der Waals surface area (Å²) in [6, 6.07) is 54.9. The zero-order valence-corrected chi connectivity index (χ0v) is 33.3. The molecule has 2 nitrogen and oxygen atoms in total. The van der Waals surface area contributed by atoms with Gasteiger partial charge in [-0.15, -0.1) is 0 Å². The molecule has 0 amide bonds. The summed E-state index contributed by atoms with van der Waals surface area (Å²) in [4.78, 5) is 2.68. The van der Waals surface area contributed by atoms with Crippen molar-refractivity contribution in [2.24, 2.45) is 0 Å². The van der Waals surface area contributed by atoms with Crippen molar-refractivity contribution in [1.29, 1.82) is 0 Å². The van der Waals surface area contributed by atoms with Crippen molar-refractivity contribution in [3.8, 4) is 11.4 Å². The topological polar surface area (TPSA) is 9.86 Å². The number of hydrogen-bond donors (Lipinski definition) is 0. The van der Waals surface area contributed by atoms with Gasteiger partial charge in [-0.2, -0.15) is 0 Å². The van der Waals surface area contributed by atoms with Crippen molar-refractivity contribution in [3.05, 3.63) is 162 Å². The molecule has 2 aromatic heterocycles. The first-order valence-electron chi connectivity index (χ1n) is 19.9. The van der Waals surface area contributed by atoms with Crippen molar-refractivity contribution in [2.75, 3.05) is 0 Å². The predicted molar refractivity (Wildman–Crippen MR) is 239 cm³/mol. The van der Waals surface area contributed by atoms with Crippen LogP contribution in [0.2, 0.25) is 0 Å². The summed E-state index contributed by atoms with van der Waals surface area (Å²) in [6.45, 7) is 14.3. The SMILES string of the molecule is CC(C)c1cc(C(C)C)c(B2c3ccccc3Sc3cc(-n4c5ccccc5c5ccc6c7ccccc7n(-c7ccccc7)c6c54)ccc32)c(C(C)C)c1. The lowest BCUT2D eigenvalue weighted by molar-refractivity contribution is 0.812. The molecule has 1 aliphatic heterocycles. The largest absolute Gasteiger partial charge is 0.307 e. The van der Waals surface area contributed by atoms with E-state index in [1.807, 2.05) is 11.8 Å². The molecule has 0 saturated carbocycles. The molecule has 55 heavy (non-hydrogen) atoms. The molecule has 0 N–H and O–H groups in total. The Morgan fingerprint density at radius 1 is 0.436 bits per heavy atom. The quantitative estimate of drug-likeness (QED) is 0.155. The van der Waals surface area contributed by atoms with Gasteiger partial charge in [0.1, 0.15) is 0 Å². The fourth-order valence-electron chi connectivity index (χ4n) is 9.36. The highest BCUT2D eigenvalue weighted by atomic mass is 32.2. The van der Waals surface area contributed by atoms with Crippen LogP contribution in [0.4, 0.5) is 0 Å². The van der Waals surface area contributed by atoms with E-state index in [0.29, 0.717) is 17.8 Å². The van der Waals surface area contributed by atoms with Gasteiger partial charge in [-0.05, 0) is 76.9 Å². The number of hydrogen-bond acceptors (Lipinski definition) is 1. The molecule has 4 heteroatoms. The van der Waals surface area contributed by atoms with Crippen LogP contribution < -0.4 is 16.4 Å². The van der Waals surface area contributed by atoms with E-state index in [-0.39, 0.29) is 6.71 Å². The second-order valence-electron chi connectivity index (χ2n) is 16.3. The van der Waals surface area contributed by atoms with E-state index >= 15 is 0 Å². The Labute approximate surface area is 328 Å². The first-order valence-corrected chi connectivity index (χ1v) is 20.7. The second-order valence-corrected chi connectivity index (χ2v) is 17.4. The number of benzene rings is 7. The van der Waals surface area contributed by atoms with E-state index in [1.165, 1.54) is 97.9 Å². The van der Waals surface area contributed by atoms with E-state index < -0.39 is 0 Å². The Kier molecular flexibility index (Phi) is 8.12. The van der Waals surface area contributed by atoms with Gasteiger partial charge in [0.2, 0.25) is 6.71 Å². The van der Waals surface area contributed by atoms with Gasteiger partial charge < -0.3 is 9.13 Å². The normalized spacial score (nSPS) is 12.9. The van der Waals surface area contributed by atoms with Crippen LogP contribution in [0.25, 0.3) is 55.0 Å². The van der Waals surface area contributed by atoms with Crippen molar-refractivity contribution in [1.82, 2.24) is 9.13 Å². The Morgan fingerprint density at radius 3 is 1.56 bits per heavy atom. The summed E-state index contributed by atoms with van der Waals surface area (Å²) in [5.74, 6) is 1.30. The summed E-state index contributed by atoms with van der Waals surface area (Å²) in [5, 5.41) is 5.08. The summed E-state index contributed by atoms with van der Waals surface area (Å²) in [7, 11) is 0. The minimum atomic E-state index is 0.156. The fraction of sp³-hybridized carbons (Fsp3) is 0.176. The molecule has 3 heterocycles. The van der Waals surface area contributed by atoms with Gasteiger partial charge in [0.05, 0.1) is 22.1 Å². The van der Waals surface area contributed by atoms with E-state index in [4.69, 9.17) is 0 Å². The Hall–Kier alpha value is -5.45. The molecule has 0 radical (unpaired) electrons. The predicted octanol–water partition coefficient (Wildman–Crippen LogP) is 12.2. The fourth-order valence-corrected chi connectivity index (χ4v) is 10.5. The van der Waals surface area contributed by atoms with Crippen LogP contribution >= 0.6 is 11.8 Å². The van der Waals surface area contributed by atoms with Crippen LogP contribution in [0.15, 0.2) is 155 Å². The average molecular weight is 729 g/mol. The molecule has 0 fully saturated rings. The molecule has 0 bridgehead atoms. The number of aromatic nitrogens is 2. The summed E-state index contributed by atoms with van der Waals surface area (Å²) < 4.78 is 5.02. The molecular formula is C51H45BN2S. The third kappa shape index (κ3) is 5.25. The summed E-state index contributed by atoms with van der Waals surface area (Å²) in [6.07, 6.45) is 0. The zero-order valence-electron chi connectivity index (χ0n) is 32.5. The van der Waals surface area contributed by atoms with Crippen molar-refractivity contribution < 1.29 is 0 Å². The van der Waals surface area contributed by atoms with Gasteiger partial charge in [0.25, 0.3) is 0 Å². The standard InChI is InChI=1S/C51H45BN2S/c1-31(2)34-28-41(32(3)4)49(42(29-34)33(5)6)52-43-20-12-15-23-47(43)55-48-30-36(24-27-44(48)52)54-46-22-14-11-19-38(46)40-26-25-39-37-18-10-13-21-45(37)53(50(39)51(40)54)35-16-8-7-9-17-35/h7-33H,1-6H3. The smallest absolute Gasteiger partial charge is 0.244 e. The number of nitrogens with zero attached hydrogens (tertiary/aromatic N) is 2. The highest BCUT2D eigenvalue weighted by molar-refractivity contribution is 8.00. The van der Waals surface area contributed by atoms with Crippen LogP contribution in [0.1, 0.15) is 76.0 Å². The summed E-state index contributed by atoms with van der Waals surface area (Å²) >= 11 is 1.93. The molecule has 0 saturated heterocycles. The van der Waals surface area contributed by atoms with Crippen molar-refractivity contribution in [3.63, 3.8) is 0 Å². The molecule has 1 aliphatic rings. The van der Waals surface area contributed by atoms with Gasteiger partial charge in [-0.3, -0.25) is 0 Å². The monoisotopic (exact) mass is 728 g/mol. The van der Waals surface area contributed by atoms with Gasteiger partial charge >= 0.3 is 0 Å². The second kappa shape index (κ2) is 13.1. The molecule has 7 aromatic carbocycles.